The molecule has 5 nitrogen and oxygen atoms in total. The Morgan fingerprint density at radius 1 is 1.41 bits per heavy atom. The highest BCUT2D eigenvalue weighted by atomic mass is 19.1. The van der Waals surface area contributed by atoms with Crippen LogP contribution < -0.4 is 16.0 Å². The van der Waals surface area contributed by atoms with Crippen molar-refractivity contribution < 1.29 is 9.13 Å². The van der Waals surface area contributed by atoms with Gasteiger partial charge in [-0.25, -0.2) is 9.38 Å². The lowest BCUT2D eigenvalue weighted by atomic mass is 10.2. The minimum Gasteiger partial charge on any atom is -0.383 e. The summed E-state index contributed by atoms with van der Waals surface area (Å²) in [7, 11) is 1.63. The smallest absolute Gasteiger partial charge is 0.189 e. The van der Waals surface area contributed by atoms with Gasteiger partial charge in [-0.3, -0.25) is 0 Å². The molecule has 0 spiro atoms. The SMILES string of the molecule is CCN(CC)c1ccc(CN=C(N)NC(C)COC)cc1F. The lowest BCUT2D eigenvalue weighted by Crippen LogP contribution is -2.40. The maximum absolute atomic E-state index is 14.2. The summed E-state index contributed by atoms with van der Waals surface area (Å²) < 4.78 is 19.2. The van der Waals surface area contributed by atoms with Crippen LogP contribution >= 0.6 is 0 Å². The van der Waals surface area contributed by atoms with E-state index in [-0.39, 0.29) is 11.9 Å². The largest absolute Gasteiger partial charge is 0.383 e. The molecule has 124 valence electrons. The number of hydrogen-bond donors (Lipinski definition) is 2. The number of aliphatic imine (C=N–C) groups is 1. The molecule has 0 aliphatic carbocycles. The summed E-state index contributed by atoms with van der Waals surface area (Å²) >= 11 is 0. The second-order valence-corrected chi connectivity index (χ2v) is 5.16. The molecule has 1 aromatic rings. The molecule has 0 amide bonds. The Kier molecular flexibility index (Phi) is 7.66. The van der Waals surface area contributed by atoms with Crippen molar-refractivity contribution in [3.8, 4) is 0 Å². The van der Waals surface area contributed by atoms with E-state index >= 15 is 0 Å². The zero-order valence-electron chi connectivity index (χ0n) is 13.9. The average molecular weight is 310 g/mol. The van der Waals surface area contributed by atoms with E-state index in [9.17, 15) is 4.39 Å². The maximum atomic E-state index is 14.2. The number of benzene rings is 1. The van der Waals surface area contributed by atoms with E-state index in [1.54, 1.807) is 13.2 Å². The van der Waals surface area contributed by atoms with Crippen LogP contribution in [0.15, 0.2) is 23.2 Å². The summed E-state index contributed by atoms with van der Waals surface area (Å²) in [6.07, 6.45) is 0. The quantitative estimate of drug-likeness (QED) is 0.570. The molecule has 1 unspecified atom stereocenters. The number of anilines is 1. The average Bonchev–Trinajstić information content (AvgIpc) is 2.48. The van der Waals surface area contributed by atoms with Crippen LogP contribution in [0.1, 0.15) is 26.3 Å². The van der Waals surface area contributed by atoms with Gasteiger partial charge in [0.05, 0.1) is 18.8 Å². The van der Waals surface area contributed by atoms with E-state index in [2.05, 4.69) is 10.3 Å². The molecule has 0 saturated heterocycles. The standard InChI is InChI=1S/C16H27FN4O/c1-5-21(6-2)15-8-7-13(9-14(15)17)10-19-16(18)20-12(3)11-22-4/h7-9,12H,5-6,10-11H2,1-4H3,(H3,18,19,20). The van der Waals surface area contributed by atoms with Gasteiger partial charge in [0.25, 0.3) is 0 Å². The summed E-state index contributed by atoms with van der Waals surface area (Å²) in [5, 5.41) is 3.01. The van der Waals surface area contributed by atoms with Gasteiger partial charge in [-0.1, -0.05) is 6.07 Å². The monoisotopic (exact) mass is 310 g/mol. The highest BCUT2D eigenvalue weighted by molar-refractivity contribution is 5.78. The normalized spacial score (nSPS) is 13.0. The van der Waals surface area contributed by atoms with Gasteiger partial charge in [0.15, 0.2) is 5.96 Å². The number of nitrogens with two attached hydrogens (primary N) is 1. The predicted octanol–water partition coefficient (Wildman–Crippen LogP) is 2.11. The first-order chi connectivity index (χ1) is 10.5. The predicted molar refractivity (Wildman–Crippen MR) is 89.8 cm³/mol. The topological polar surface area (TPSA) is 62.9 Å². The highest BCUT2D eigenvalue weighted by Crippen LogP contribution is 2.20. The number of rotatable bonds is 8. The lowest BCUT2D eigenvalue weighted by molar-refractivity contribution is 0.179. The van der Waals surface area contributed by atoms with Crippen LogP contribution in [0.5, 0.6) is 0 Å². The summed E-state index contributed by atoms with van der Waals surface area (Å²) in [6.45, 7) is 8.41. The first-order valence-electron chi connectivity index (χ1n) is 7.60. The fourth-order valence-corrected chi connectivity index (χ4v) is 2.24. The van der Waals surface area contributed by atoms with Crippen molar-refractivity contribution in [2.45, 2.75) is 33.4 Å². The summed E-state index contributed by atoms with van der Waals surface area (Å²) in [6, 6.07) is 5.27. The molecule has 6 heteroatoms. The van der Waals surface area contributed by atoms with Crippen LogP contribution in [0, 0.1) is 5.82 Å². The Morgan fingerprint density at radius 3 is 2.64 bits per heavy atom. The minimum atomic E-state index is -0.226. The van der Waals surface area contributed by atoms with Crippen LogP contribution in [0.2, 0.25) is 0 Å². The van der Waals surface area contributed by atoms with Crippen LogP contribution in [0.4, 0.5) is 10.1 Å². The second kappa shape index (κ2) is 9.25. The van der Waals surface area contributed by atoms with Gasteiger partial charge in [-0.2, -0.15) is 0 Å². The molecule has 1 aromatic carbocycles. The van der Waals surface area contributed by atoms with Crippen molar-refractivity contribution in [3.05, 3.63) is 29.6 Å². The molecule has 0 aliphatic heterocycles. The van der Waals surface area contributed by atoms with Crippen LogP contribution in [-0.4, -0.2) is 38.8 Å². The van der Waals surface area contributed by atoms with Crippen LogP contribution in [-0.2, 0) is 11.3 Å². The molecule has 0 radical (unpaired) electrons. The van der Waals surface area contributed by atoms with Crippen molar-refractivity contribution >= 4 is 11.6 Å². The molecule has 0 heterocycles. The Bertz CT molecular complexity index is 489. The van der Waals surface area contributed by atoms with Crippen LogP contribution in [0.25, 0.3) is 0 Å². The van der Waals surface area contributed by atoms with Gasteiger partial charge in [0, 0.05) is 26.2 Å². The maximum Gasteiger partial charge on any atom is 0.189 e. The lowest BCUT2D eigenvalue weighted by Gasteiger charge is -2.21. The van der Waals surface area contributed by atoms with Gasteiger partial charge >= 0.3 is 0 Å². The van der Waals surface area contributed by atoms with Crippen molar-refractivity contribution in [3.63, 3.8) is 0 Å². The second-order valence-electron chi connectivity index (χ2n) is 5.16. The van der Waals surface area contributed by atoms with Crippen LogP contribution in [0.3, 0.4) is 0 Å². The van der Waals surface area contributed by atoms with Crippen molar-refractivity contribution in [2.24, 2.45) is 10.7 Å². The Hall–Kier alpha value is -1.82. The molecule has 0 fully saturated rings. The summed E-state index contributed by atoms with van der Waals surface area (Å²) in [5.74, 6) is 0.105. The highest BCUT2D eigenvalue weighted by Gasteiger charge is 2.09. The van der Waals surface area contributed by atoms with E-state index in [0.717, 1.165) is 18.7 Å². The summed E-state index contributed by atoms with van der Waals surface area (Å²) in [4.78, 5) is 6.20. The third-order valence-electron chi connectivity index (χ3n) is 3.36. The molecule has 22 heavy (non-hydrogen) atoms. The fraction of sp³-hybridized carbons (Fsp3) is 0.562. The van der Waals surface area contributed by atoms with E-state index in [1.165, 1.54) is 6.07 Å². The third kappa shape index (κ3) is 5.52. The van der Waals surface area contributed by atoms with E-state index in [1.807, 2.05) is 31.7 Å². The first kappa shape index (κ1) is 18.2. The Labute approximate surface area is 132 Å². The van der Waals surface area contributed by atoms with Gasteiger partial charge in [0.2, 0.25) is 0 Å². The van der Waals surface area contributed by atoms with Gasteiger partial charge in [0.1, 0.15) is 5.82 Å². The minimum absolute atomic E-state index is 0.0792. The zero-order chi connectivity index (χ0) is 16.5. The molecule has 1 rings (SSSR count). The fourth-order valence-electron chi connectivity index (χ4n) is 2.24. The van der Waals surface area contributed by atoms with E-state index < -0.39 is 0 Å². The molecule has 1 atom stereocenters. The summed E-state index contributed by atoms with van der Waals surface area (Å²) in [5.41, 5.74) is 7.21. The van der Waals surface area contributed by atoms with Gasteiger partial charge in [-0.05, 0) is 38.5 Å². The Balaban J connectivity index is 2.69. The number of guanidine groups is 1. The molecule has 0 aromatic heterocycles. The number of hydrogen-bond acceptors (Lipinski definition) is 3. The number of nitrogens with zero attached hydrogens (tertiary/aromatic N) is 2. The third-order valence-corrected chi connectivity index (χ3v) is 3.36. The number of halogens is 1. The first-order valence-corrected chi connectivity index (χ1v) is 7.60. The number of ether oxygens (including phenoxy) is 1. The molecule has 3 N–H and O–H groups in total. The van der Waals surface area contributed by atoms with E-state index in [0.29, 0.717) is 24.8 Å². The number of methoxy groups -OCH3 is 1. The van der Waals surface area contributed by atoms with E-state index in [4.69, 9.17) is 10.5 Å². The Morgan fingerprint density at radius 2 is 2.09 bits per heavy atom. The molecule has 0 bridgehead atoms. The van der Waals surface area contributed by atoms with Crippen molar-refractivity contribution in [1.29, 1.82) is 0 Å². The van der Waals surface area contributed by atoms with Crippen molar-refractivity contribution in [1.82, 2.24) is 5.32 Å². The molecule has 0 saturated carbocycles. The van der Waals surface area contributed by atoms with Gasteiger partial charge in [-0.15, -0.1) is 0 Å². The zero-order valence-corrected chi connectivity index (χ0v) is 13.9. The molecular weight excluding hydrogens is 283 g/mol. The van der Waals surface area contributed by atoms with Crippen molar-refractivity contribution in [2.75, 3.05) is 31.7 Å². The number of nitrogens with one attached hydrogen (secondary N) is 1. The van der Waals surface area contributed by atoms with Gasteiger partial charge < -0.3 is 20.7 Å². The molecule has 0 aliphatic rings. The molecular formula is C16H27FN4O.